The molecule has 5 heterocycles. The van der Waals surface area contributed by atoms with Crippen molar-refractivity contribution < 1.29 is 42.3 Å². The zero-order chi connectivity index (χ0) is 33.4. The second-order valence-electron chi connectivity index (χ2n) is 16.1. The van der Waals surface area contributed by atoms with Gasteiger partial charge in [-0.1, -0.05) is 81.4 Å². The molecule has 0 saturated carbocycles. The van der Waals surface area contributed by atoms with Gasteiger partial charge in [-0.25, -0.2) is 0 Å². The zero-order valence-corrected chi connectivity index (χ0v) is 30.3. The fourth-order valence-corrected chi connectivity index (χ4v) is 13.0. The first-order chi connectivity index (χ1) is 22.1. The first kappa shape index (κ1) is 33.8. The summed E-state index contributed by atoms with van der Waals surface area (Å²) in [6, 6.07) is 21.4. The summed E-state index contributed by atoms with van der Waals surface area (Å²) in [6.45, 7) is 19.3. The van der Waals surface area contributed by atoms with E-state index in [9.17, 15) is 0 Å². The SMILES string of the molecule is CC1(C)OCC([C@H]2OC(CC3[C@H]4OC(C)(C)OC4O[C@@H]3CO[Si](c3ccccc3)(c3ccccc3)C(C)(C)C)C3OC(C)(C)O[C@@H]32)O1. The summed E-state index contributed by atoms with van der Waals surface area (Å²) in [7, 11) is -2.81. The molecule has 0 aliphatic carbocycles. The van der Waals surface area contributed by atoms with Crippen LogP contribution in [0.1, 0.15) is 68.7 Å². The molecule has 5 saturated heterocycles. The van der Waals surface area contributed by atoms with E-state index in [0.29, 0.717) is 19.6 Å². The van der Waals surface area contributed by atoms with Gasteiger partial charge in [-0.2, -0.15) is 0 Å². The Morgan fingerprint density at radius 2 is 1.23 bits per heavy atom. The summed E-state index contributed by atoms with van der Waals surface area (Å²) in [5.41, 5.74) is 0. The monoisotopic (exact) mass is 668 g/mol. The minimum absolute atomic E-state index is 0.0751. The number of rotatable bonds is 8. The molecular weight excluding hydrogens is 616 g/mol. The first-order valence-corrected chi connectivity index (χ1v) is 19.1. The van der Waals surface area contributed by atoms with Crippen molar-refractivity contribution in [1.29, 1.82) is 0 Å². The standard InChI is InChI=1S/C37H52O9Si/c1-34(2,3)47(23-16-12-10-13-17-23,24-18-14-11-15-19-24)39-22-27-25(29-33(41-27)46-37(8,9)43-29)20-26-31-32(45-36(6,7)44-31)30(40-26)28-21-38-35(4,5)42-28/h10-19,25-33H,20-22H2,1-9H3/t25?,26?,27-,28?,29-,30-,31?,32-,33?/m1/s1. The predicted molar refractivity (Wildman–Crippen MR) is 178 cm³/mol. The Morgan fingerprint density at radius 1 is 0.660 bits per heavy atom. The molecule has 5 aliphatic heterocycles. The van der Waals surface area contributed by atoms with Crippen molar-refractivity contribution in [2.24, 2.45) is 5.92 Å². The fourth-order valence-electron chi connectivity index (χ4n) is 8.40. The van der Waals surface area contributed by atoms with Gasteiger partial charge in [-0.3, -0.25) is 0 Å². The van der Waals surface area contributed by atoms with Gasteiger partial charge in [0.25, 0.3) is 8.32 Å². The predicted octanol–water partition coefficient (Wildman–Crippen LogP) is 4.88. The lowest BCUT2D eigenvalue weighted by Gasteiger charge is -2.44. The van der Waals surface area contributed by atoms with Crippen LogP contribution in [0.5, 0.6) is 0 Å². The molecule has 10 heteroatoms. The number of hydrogen-bond acceptors (Lipinski definition) is 9. The number of fused-ring (bicyclic) bond motifs is 2. The average molecular weight is 669 g/mol. The lowest BCUT2D eigenvalue weighted by Crippen LogP contribution is -2.67. The number of benzene rings is 2. The van der Waals surface area contributed by atoms with Crippen molar-refractivity contribution in [3.05, 3.63) is 60.7 Å². The van der Waals surface area contributed by atoms with E-state index in [4.69, 9.17) is 42.3 Å². The first-order valence-electron chi connectivity index (χ1n) is 17.2. The van der Waals surface area contributed by atoms with Crippen molar-refractivity contribution in [3.8, 4) is 0 Å². The Kier molecular flexibility index (Phi) is 8.60. The van der Waals surface area contributed by atoms with Gasteiger partial charge in [0.05, 0.1) is 25.4 Å². The van der Waals surface area contributed by atoms with Gasteiger partial charge in [0, 0.05) is 5.92 Å². The minimum atomic E-state index is -2.81. The lowest BCUT2D eigenvalue weighted by molar-refractivity contribution is -0.219. The second-order valence-corrected chi connectivity index (χ2v) is 20.4. The van der Waals surface area contributed by atoms with Gasteiger partial charge in [-0.15, -0.1) is 0 Å². The van der Waals surface area contributed by atoms with E-state index in [1.807, 2.05) is 41.5 Å². The van der Waals surface area contributed by atoms with E-state index < -0.39 is 32.0 Å². The molecule has 258 valence electrons. The van der Waals surface area contributed by atoms with Crippen LogP contribution in [0.4, 0.5) is 0 Å². The molecular formula is C37H52O9Si. The molecule has 5 unspecified atom stereocenters. The Hall–Kier alpha value is -1.70. The fraction of sp³-hybridized carbons (Fsp3) is 0.676. The van der Waals surface area contributed by atoms with Gasteiger partial charge >= 0.3 is 0 Å². The third-order valence-corrected chi connectivity index (χ3v) is 15.3. The molecule has 2 aromatic rings. The van der Waals surface area contributed by atoms with Crippen LogP contribution in [0.2, 0.25) is 5.04 Å². The molecule has 2 aromatic carbocycles. The molecule has 0 amide bonds. The Morgan fingerprint density at radius 3 is 1.81 bits per heavy atom. The van der Waals surface area contributed by atoms with E-state index >= 15 is 0 Å². The molecule has 0 bridgehead atoms. The minimum Gasteiger partial charge on any atom is -0.405 e. The van der Waals surface area contributed by atoms with Crippen molar-refractivity contribution >= 4 is 18.7 Å². The lowest BCUT2D eigenvalue weighted by atomic mass is 9.89. The zero-order valence-electron chi connectivity index (χ0n) is 29.3. The van der Waals surface area contributed by atoms with Crippen LogP contribution in [0, 0.1) is 5.92 Å². The van der Waals surface area contributed by atoms with Crippen molar-refractivity contribution in [3.63, 3.8) is 0 Å². The van der Waals surface area contributed by atoms with E-state index in [1.165, 1.54) is 10.4 Å². The van der Waals surface area contributed by atoms with Gasteiger partial charge in [0.1, 0.15) is 30.5 Å². The van der Waals surface area contributed by atoms with Gasteiger partial charge in [0.15, 0.2) is 23.7 Å². The molecule has 9 nitrogen and oxygen atoms in total. The maximum Gasteiger partial charge on any atom is 0.261 e. The number of ether oxygens (including phenoxy) is 8. The van der Waals surface area contributed by atoms with Crippen LogP contribution in [0.25, 0.3) is 0 Å². The molecule has 0 aromatic heterocycles. The summed E-state index contributed by atoms with van der Waals surface area (Å²) < 4.78 is 58.9. The summed E-state index contributed by atoms with van der Waals surface area (Å²) in [6.07, 6.45) is -1.83. The maximum absolute atomic E-state index is 7.38. The normalized spacial score (nSPS) is 37.3. The van der Waals surface area contributed by atoms with E-state index in [0.717, 1.165) is 0 Å². The third kappa shape index (κ3) is 6.28. The molecule has 7 rings (SSSR count). The third-order valence-electron chi connectivity index (χ3n) is 10.3. The quantitative estimate of drug-likeness (QED) is 0.366. The summed E-state index contributed by atoms with van der Waals surface area (Å²) >= 11 is 0. The van der Waals surface area contributed by atoms with Crippen molar-refractivity contribution in [1.82, 2.24) is 0 Å². The van der Waals surface area contributed by atoms with Crippen LogP contribution in [-0.4, -0.2) is 87.9 Å². The van der Waals surface area contributed by atoms with E-state index in [-0.39, 0.29) is 53.7 Å². The van der Waals surface area contributed by atoms with Crippen molar-refractivity contribution in [2.75, 3.05) is 13.2 Å². The van der Waals surface area contributed by atoms with Crippen LogP contribution < -0.4 is 10.4 Å². The summed E-state index contributed by atoms with van der Waals surface area (Å²) in [5, 5.41) is 2.29. The smallest absolute Gasteiger partial charge is 0.261 e. The maximum atomic E-state index is 7.38. The van der Waals surface area contributed by atoms with Crippen LogP contribution >= 0.6 is 0 Å². The Bertz CT molecular complexity index is 1350. The average Bonchev–Trinajstić information content (AvgIpc) is 3.76. The molecule has 47 heavy (non-hydrogen) atoms. The highest BCUT2D eigenvalue weighted by molar-refractivity contribution is 6.99. The van der Waals surface area contributed by atoms with Gasteiger partial charge < -0.3 is 42.3 Å². The molecule has 0 spiro atoms. The second kappa shape index (κ2) is 12.0. The molecule has 0 radical (unpaired) electrons. The summed E-state index contributed by atoms with van der Waals surface area (Å²) in [4.78, 5) is 0. The van der Waals surface area contributed by atoms with Crippen LogP contribution in [0.3, 0.4) is 0 Å². The largest absolute Gasteiger partial charge is 0.405 e. The van der Waals surface area contributed by atoms with E-state index in [1.54, 1.807) is 0 Å². The molecule has 5 fully saturated rings. The molecule has 0 N–H and O–H groups in total. The highest BCUT2D eigenvalue weighted by Gasteiger charge is 2.62. The van der Waals surface area contributed by atoms with Crippen LogP contribution in [-0.2, 0) is 42.3 Å². The Labute approximate surface area is 280 Å². The van der Waals surface area contributed by atoms with Crippen molar-refractivity contribution in [2.45, 2.75) is 140 Å². The highest BCUT2D eigenvalue weighted by Crippen LogP contribution is 2.48. The topological polar surface area (TPSA) is 83.1 Å². The molecule has 5 aliphatic rings. The van der Waals surface area contributed by atoms with E-state index in [2.05, 4.69) is 81.4 Å². The molecule has 9 atom stereocenters. The number of hydrogen-bond donors (Lipinski definition) is 0. The van der Waals surface area contributed by atoms with Crippen LogP contribution in [0.15, 0.2) is 60.7 Å². The van der Waals surface area contributed by atoms with Gasteiger partial charge in [0.2, 0.25) is 0 Å². The van der Waals surface area contributed by atoms with Gasteiger partial charge in [-0.05, 0) is 63.4 Å². The summed E-state index contributed by atoms with van der Waals surface area (Å²) in [5.74, 6) is -2.24. The Balaban J connectivity index is 1.18. The highest BCUT2D eigenvalue weighted by atomic mass is 28.4.